The Bertz CT molecular complexity index is 777. The molecule has 0 fully saturated rings. The molecule has 0 heterocycles. The number of aromatic hydroxyl groups is 2. The summed E-state index contributed by atoms with van der Waals surface area (Å²) in [5, 5.41) is 19.5. The van der Waals surface area contributed by atoms with Crippen LogP contribution in [0.1, 0.15) is 16.7 Å². The van der Waals surface area contributed by atoms with Gasteiger partial charge in [0.05, 0.1) is 4.90 Å². The van der Waals surface area contributed by atoms with Crippen LogP contribution < -0.4 is 0 Å². The van der Waals surface area contributed by atoms with Crippen molar-refractivity contribution in [2.75, 3.05) is 0 Å². The molecule has 0 saturated carbocycles. The van der Waals surface area contributed by atoms with Gasteiger partial charge in [-0.25, -0.2) is 8.42 Å². The minimum Gasteiger partial charge on any atom is -0.508 e. The molecule has 2 aromatic rings. The minimum absolute atomic E-state index is 0.0505. The van der Waals surface area contributed by atoms with E-state index in [1.165, 1.54) is 24.3 Å². The van der Waals surface area contributed by atoms with Crippen LogP contribution in [-0.2, 0) is 9.84 Å². The quantitative estimate of drug-likeness (QED) is 0.892. The summed E-state index contributed by atoms with van der Waals surface area (Å²) in [7, 11) is -3.82. The van der Waals surface area contributed by atoms with Crippen molar-refractivity contribution in [3.05, 3.63) is 47.0 Å². The first-order valence-electron chi connectivity index (χ1n) is 6.08. The zero-order chi connectivity index (χ0) is 15.1. The van der Waals surface area contributed by atoms with E-state index in [-0.39, 0.29) is 21.3 Å². The molecule has 0 bridgehead atoms. The third kappa shape index (κ3) is 2.36. The summed E-state index contributed by atoms with van der Waals surface area (Å²) in [6.07, 6.45) is 0. The fourth-order valence-electron chi connectivity index (χ4n) is 2.04. The van der Waals surface area contributed by atoms with Gasteiger partial charge in [-0.2, -0.15) is 0 Å². The normalized spacial score (nSPS) is 11.6. The highest BCUT2D eigenvalue weighted by Crippen LogP contribution is 2.33. The van der Waals surface area contributed by atoms with Gasteiger partial charge in [0.15, 0.2) is 0 Å². The summed E-state index contributed by atoms with van der Waals surface area (Å²) in [6.45, 7) is 5.01. The molecule has 0 aromatic heterocycles. The van der Waals surface area contributed by atoms with Crippen LogP contribution in [0.25, 0.3) is 0 Å². The monoisotopic (exact) mass is 292 g/mol. The van der Waals surface area contributed by atoms with Crippen LogP contribution in [0.2, 0.25) is 0 Å². The van der Waals surface area contributed by atoms with E-state index >= 15 is 0 Å². The van der Waals surface area contributed by atoms with Gasteiger partial charge in [0.2, 0.25) is 9.84 Å². The van der Waals surface area contributed by atoms with Crippen LogP contribution in [0, 0.1) is 20.8 Å². The number of rotatable bonds is 2. The molecule has 5 heteroatoms. The molecule has 0 saturated heterocycles. The predicted molar refractivity (Wildman–Crippen MR) is 75.9 cm³/mol. The Kier molecular flexibility index (Phi) is 3.48. The summed E-state index contributed by atoms with van der Waals surface area (Å²) >= 11 is 0. The maximum atomic E-state index is 12.6. The largest absolute Gasteiger partial charge is 0.508 e. The number of phenolic OH excluding ortho intramolecular Hbond substituents is 2. The summed E-state index contributed by atoms with van der Waals surface area (Å²) in [6, 6.07) is 7.26. The molecule has 0 amide bonds. The highest BCUT2D eigenvalue weighted by molar-refractivity contribution is 7.91. The minimum atomic E-state index is -3.82. The average Bonchev–Trinajstić information content (AvgIpc) is 2.33. The van der Waals surface area contributed by atoms with Crippen LogP contribution in [0.4, 0.5) is 0 Å². The molecule has 0 aliphatic heterocycles. The topological polar surface area (TPSA) is 74.6 Å². The molecule has 2 N–H and O–H groups in total. The number of phenols is 2. The van der Waals surface area contributed by atoms with Gasteiger partial charge < -0.3 is 10.2 Å². The third-order valence-electron chi connectivity index (χ3n) is 3.19. The van der Waals surface area contributed by atoms with Crippen molar-refractivity contribution >= 4 is 9.84 Å². The summed E-state index contributed by atoms with van der Waals surface area (Å²) in [4.78, 5) is -0.0387. The molecule has 20 heavy (non-hydrogen) atoms. The van der Waals surface area contributed by atoms with Gasteiger partial charge in [0.1, 0.15) is 16.4 Å². The molecule has 0 atom stereocenters. The highest BCUT2D eigenvalue weighted by atomic mass is 32.2. The van der Waals surface area contributed by atoms with Crippen molar-refractivity contribution in [2.24, 2.45) is 0 Å². The lowest BCUT2D eigenvalue weighted by Gasteiger charge is -2.11. The van der Waals surface area contributed by atoms with Crippen molar-refractivity contribution in [3.63, 3.8) is 0 Å². The van der Waals surface area contributed by atoms with E-state index in [1.807, 2.05) is 0 Å². The van der Waals surface area contributed by atoms with Gasteiger partial charge >= 0.3 is 0 Å². The third-order valence-corrected chi connectivity index (χ3v) is 5.13. The van der Waals surface area contributed by atoms with Gasteiger partial charge in [-0.05, 0) is 61.7 Å². The fourth-order valence-corrected chi connectivity index (χ4v) is 3.67. The van der Waals surface area contributed by atoms with Crippen molar-refractivity contribution in [1.82, 2.24) is 0 Å². The first-order valence-corrected chi connectivity index (χ1v) is 7.56. The van der Waals surface area contributed by atoms with Crippen LogP contribution in [-0.4, -0.2) is 18.6 Å². The molecular weight excluding hydrogens is 276 g/mol. The van der Waals surface area contributed by atoms with E-state index in [0.29, 0.717) is 11.1 Å². The van der Waals surface area contributed by atoms with Gasteiger partial charge in [-0.15, -0.1) is 0 Å². The lowest BCUT2D eigenvalue weighted by atomic mass is 10.1. The predicted octanol–water partition coefficient (Wildman–Crippen LogP) is 2.86. The Hall–Kier alpha value is -2.01. The first-order chi connectivity index (χ1) is 9.23. The molecule has 106 valence electrons. The number of sulfone groups is 1. The first kappa shape index (κ1) is 14.4. The number of aryl methyl sites for hydroxylation is 3. The second kappa shape index (κ2) is 4.83. The van der Waals surface area contributed by atoms with Crippen molar-refractivity contribution in [1.29, 1.82) is 0 Å². The van der Waals surface area contributed by atoms with E-state index in [9.17, 15) is 18.6 Å². The molecule has 0 spiro atoms. The number of hydrogen-bond donors (Lipinski definition) is 2. The van der Waals surface area contributed by atoms with E-state index in [1.54, 1.807) is 26.8 Å². The molecule has 0 radical (unpaired) electrons. The molecule has 0 aliphatic rings. The van der Waals surface area contributed by atoms with Crippen molar-refractivity contribution < 1.29 is 18.6 Å². The molecule has 2 rings (SSSR count). The fraction of sp³-hybridized carbons (Fsp3) is 0.200. The second-order valence-electron chi connectivity index (χ2n) is 4.88. The Balaban J connectivity index is 2.70. The van der Waals surface area contributed by atoms with Crippen LogP contribution in [0.5, 0.6) is 11.5 Å². The Labute approximate surface area is 118 Å². The standard InChI is InChI=1S/C15H16O4S/c1-9-4-5-14(13(17)6-9)20(18,19)15-8-10(2)12(16)7-11(15)3/h4-8,16-17H,1-3H3. The second-order valence-corrected chi connectivity index (χ2v) is 6.77. The van der Waals surface area contributed by atoms with E-state index in [2.05, 4.69) is 0 Å². The lowest BCUT2D eigenvalue weighted by molar-refractivity contribution is 0.458. The SMILES string of the molecule is Cc1ccc(S(=O)(=O)c2cc(C)c(O)cc2C)c(O)c1. The summed E-state index contributed by atoms with van der Waals surface area (Å²) in [5.41, 5.74) is 1.69. The zero-order valence-electron chi connectivity index (χ0n) is 11.5. The van der Waals surface area contributed by atoms with Gasteiger partial charge in [0, 0.05) is 0 Å². The van der Waals surface area contributed by atoms with Crippen LogP contribution in [0.15, 0.2) is 40.1 Å². The maximum Gasteiger partial charge on any atom is 0.210 e. The lowest BCUT2D eigenvalue weighted by Crippen LogP contribution is -2.05. The molecule has 0 aliphatic carbocycles. The van der Waals surface area contributed by atoms with E-state index in [4.69, 9.17) is 0 Å². The molecule has 0 unspecified atom stereocenters. The summed E-state index contributed by atoms with van der Waals surface area (Å²) in [5.74, 6) is -0.218. The van der Waals surface area contributed by atoms with E-state index < -0.39 is 9.84 Å². The summed E-state index contributed by atoms with van der Waals surface area (Å²) < 4.78 is 25.2. The molecular formula is C15H16O4S. The van der Waals surface area contributed by atoms with E-state index in [0.717, 1.165) is 5.56 Å². The smallest absolute Gasteiger partial charge is 0.210 e. The molecule has 4 nitrogen and oxygen atoms in total. The Morgan fingerprint density at radius 1 is 0.800 bits per heavy atom. The Morgan fingerprint density at radius 2 is 1.45 bits per heavy atom. The van der Waals surface area contributed by atoms with Gasteiger partial charge in [-0.3, -0.25) is 0 Å². The highest BCUT2D eigenvalue weighted by Gasteiger charge is 2.24. The average molecular weight is 292 g/mol. The van der Waals surface area contributed by atoms with Gasteiger partial charge in [0.25, 0.3) is 0 Å². The van der Waals surface area contributed by atoms with Crippen LogP contribution >= 0.6 is 0 Å². The zero-order valence-corrected chi connectivity index (χ0v) is 12.3. The molecule has 2 aromatic carbocycles. The van der Waals surface area contributed by atoms with Crippen LogP contribution in [0.3, 0.4) is 0 Å². The van der Waals surface area contributed by atoms with Crippen molar-refractivity contribution in [2.45, 2.75) is 30.6 Å². The maximum absolute atomic E-state index is 12.6. The van der Waals surface area contributed by atoms with Crippen molar-refractivity contribution in [3.8, 4) is 11.5 Å². The number of benzene rings is 2. The Morgan fingerprint density at radius 3 is 2.05 bits per heavy atom. The van der Waals surface area contributed by atoms with Gasteiger partial charge in [-0.1, -0.05) is 6.07 Å². The number of hydrogen-bond acceptors (Lipinski definition) is 4.